The number of methoxy groups -OCH3 is 1. The summed E-state index contributed by atoms with van der Waals surface area (Å²) in [5.74, 6) is -1.92. The molecule has 9 atom stereocenters. The highest BCUT2D eigenvalue weighted by Crippen LogP contribution is 2.61. The van der Waals surface area contributed by atoms with Crippen LogP contribution < -0.4 is 16.4 Å². The van der Waals surface area contributed by atoms with E-state index in [1.807, 2.05) is 27.7 Å². The predicted octanol–water partition coefficient (Wildman–Crippen LogP) is 3.47. The predicted molar refractivity (Wildman–Crippen MR) is 286 cm³/mol. The molecule has 80 heavy (non-hydrogen) atoms. The number of carbonyl (C=O) groups excluding carboxylic acids is 3. The maximum absolute atomic E-state index is 14.0. The van der Waals surface area contributed by atoms with E-state index in [9.17, 15) is 72.5 Å². The molecule has 7 unspecified atom stereocenters. The number of fused-ring (bicyclic) bond motifs is 1. The van der Waals surface area contributed by atoms with Gasteiger partial charge in [-0.25, -0.2) is 33.0 Å². The Balaban J connectivity index is 1.02. The summed E-state index contributed by atoms with van der Waals surface area (Å²) in [4.78, 5) is 94.3. The quantitative estimate of drug-likeness (QED) is 0.0263. The van der Waals surface area contributed by atoms with E-state index >= 15 is 0 Å². The van der Waals surface area contributed by atoms with Crippen LogP contribution in [0.25, 0.3) is 28.4 Å². The first kappa shape index (κ1) is 66.3. The third kappa shape index (κ3) is 18.8. The summed E-state index contributed by atoms with van der Waals surface area (Å²) in [5, 5.41) is 47.9. The molecule has 2 amide bonds. The molecule has 0 spiro atoms. The van der Waals surface area contributed by atoms with Gasteiger partial charge >= 0.3 is 23.5 Å². The normalized spacial score (nSPS) is 19.8. The monoisotopic (exact) mass is 1210 g/mol. The van der Waals surface area contributed by atoms with E-state index in [4.69, 9.17) is 29.2 Å². The van der Waals surface area contributed by atoms with Crippen molar-refractivity contribution in [1.82, 2.24) is 35.1 Å². The first-order valence-corrected chi connectivity index (χ1v) is 30.2. The Bertz CT molecular complexity index is 2970. The molecular formula is C47H68FN8O20P3S. The number of thioether (sulfide) groups is 1. The van der Waals surface area contributed by atoms with Crippen molar-refractivity contribution in [3.8, 4) is 11.1 Å². The van der Waals surface area contributed by atoms with Crippen LogP contribution in [0.1, 0.15) is 101 Å². The number of phosphoric acid groups is 3. The molecule has 12 N–H and O–H groups in total. The number of anilines is 1. The lowest BCUT2D eigenvalue weighted by molar-refractivity contribution is -0.137. The van der Waals surface area contributed by atoms with Crippen molar-refractivity contribution in [3.05, 3.63) is 71.3 Å². The number of nitrogens with one attached hydrogen (secondary N) is 2. The van der Waals surface area contributed by atoms with E-state index in [-0.39, 0.29) is 73.5 Å². The second-order valence-electron chi connectivity index (χ2n) is 19.7. The van der Waals surface area contributed by atoms with E-state index in [2.05, 4.69) is 34.4 Å². The molecule has 1 aliphatic rings. The van der Waals surface area contributed by atoms with Gasteiger partial charge in [-0.05, 0) is 35.1 Å². The molecule has 444 valence electrons. The molecule has 0 aliphatic carbocycles. The lowest BCUT2D eigenvalue weighted by atomic mass is 9.87. The van der Waals surface area contributed by atoms with Gasteiger partial charge in [-0.15, -0.1) is 0 Å². The minimum atomic E-state index is -5.63. The van der Waals surface area contributed by atoms with Crippen LogP contribution in [0.15, 0.2) is 43.0 Å². The van der Waals surface area contributed by atoms with Gasteiger partial charge in [0, 0.05) is 67.5 Å². The SMILES string of the molecule is COCc1c(C(C)C)nc(C(C)C)c(/C=C/[C@@H](O)C[C@@H](O)CC(=O)SCCNC(=O)CCNC(=O)C(O)C(C)(C)COP(=O)(O)OP(=O)(O)OCC2OC(n3cnc4c(N)ncnc43)C(O)C2OP(=O)(O)O)c1-c1ccc(F)cc1. The number of hydrogen-bond donors (Lipinski definition) is 11. The molecule has 4 heterocycles. The molecular weight excluding hydrogens is 1140 g/mol. The highest BCUT2D eigenvalue weighted by atomic mass is 32.2. The van der Waals surface area contributed by atoms with Crippen molar-refractivity contribution in [2.24, 2.45) is 5.41 Å². The lowest BCUT2D eigenvalue weighted by Crippen LogP contribution is -2.46. The van der Waals surface area contributed by atoms with Gasteiger partial charge in [0.2, 0.25) is 11.8 Å². The fraction of sp³-hybridized carbons (Fsp3) is 0.553. The van der Waals surface area contributed by atoms with Gasteiger partial charge in [0.1, 0.15) is 42.1 Å². The van der Waals surface area contributed by atoms with Gasteiger partial charge in [0.25, 0.3) is 0 Å². The third-order valence-corrected chi connectivity index (χ3v) is 16.1. The van der Waals surface area contributed by atoms with Crippen LogP contribution in [-0.2, 0) is 62.0 Å². The number of carbonyl (C=O) groups is 3. The number of aromatic nitrogens is 5. The highest BCUT2D eigenvalue weighted by Gasteiger charge is 2.50. The van der Waals surface area contributed by atoms with Gasteiger partial charge < -0.3 is 65.8 Å². The fourth-order valence-electron chi connectivity index (χ4n) is 8.19. The molecule has 1 aromatic carbocycles. The van der Waals surface area contributed by atoms with Crippen LogP contribution in [0, 0.1) is 11.2 Å². The maximum atomic E-state index is 14.0. The van der Waals surface area contributed by atoms with E-state index in [0.717, 1.165) is 57.1 Å². The smallest absolute Gasteiger partial charge is 0.393 e. The van der Waals surface area contributed by atoms with E-state index in [0.29, 0.717) is 5.56 Å². The number of phosphoric ester groups is 3. The molecule has 1 saturated heterocycles. The summed E-state index contributed by atoms with van der Waals surface area (Å²) in [6.45, 7) is 8.33. The lowest BCUT2D eigenvalue weighted by Gasteiger charge is -2.30. The number of nitrogens with zero attached hydrogens (tertiary/aromatic N) is 5. The zero-order chi connectivity index (χ0) is 59.5. The standard InChI is InChI=1S/C47H68FN8O20P3S/c1-25(2)37-31(36(27-8-10-28(48)11-9-27)32(20-71-7)38(55-37)26(3)4)13-12-29(57)18-30(58)19-35(60)80-17-16-50-34(59)14-15-51-45(63)42(62)47(5,6)22-73-79(69,70)76-78(67,68)72-21-33-41(75-77(64,65)66)40(61)46(74-33)56-24-54-39-43(49)52-23-53-44(39)56/h8-13,23-26,29-30,33,40-42,46,57-58,61-62H,14-22H2,1-7H3,(H,50,59)(H,51,63)(H,67,68)(H,69,70)(H2,49,52,53)(H2,64,65,66)/b13-12+/t29-,30-,33?,40?,41?,42?,46?/m1/s1. The van der Waals surface area contributed by atoms with Crippen LogP contribution in [-0.4, -0.2) is 157 Å². The minimum absolute atomic E-state index is 0.0120. The molecule has 5 rings (SSSR count). The Morgan fingerprint density at radius 1 is 0.950 bits per heavy atom. The number of nitrogens with two attached hydrogens (primary N) is 1. The van der Waals surface area contributed by atoms with Crippen molar-refractivity contribution in [3.63, 3.8) is 0 Å². The molecule has 33 heteroatoms. The van der Waals surface area contributed by atoms with Crippen molar-refractivity contribution in [1.29, 1.82) is 0 Å². The number of nitrogen functional groups attached to an aromatic ring is 1. The Labute approximate surface area is 463 Å². The molecule has 4 aromatic rings. The second kappa shape index (κ2) is 28.6. The Kier molecular flexibility index (Phi) is 23.7. The van der Waals surface area contributed by atoms with Crippen LogP contribution in [0.3, 0.4) is 0 Å². The van der Waals surface area contributed by atoms with Crippen molar-refractivity contribution in [2.45, 2.75) is 122 Å². The van der Waals surface area contributed by atoms with Crippen LogP contribution in [0.5, 0.6) is 0 Å². The summed E-state index contributed by atoms with van der Waals surface area (Å²) in [7, 11) is -15.0. The maximum Gasteiger partial charge on any atom is 0.481 e. The Morgan fingerprint density at radius 2 is 1.61 bits per heavy atom. The number of halogens is 1. The number of hydrogen-bond acceptors (Lipinski definition) is 22. The number of imidazole rings is 1. The summed E-state index contributed by atoms with van der Waals surface area (Å²) in [6, 6.07) is 6.07. The minimum Gasteiger partial charge on any atom is -0.393 e. The number of pyridine rings is 1. The number of aliphatic hydroxyl groups excluding tert-OH is 4. The van der Waals surface area contributed by atoms with Crippen molar-refractivity contribution >= 4 is 75.2 Å². The number of ether oxygens (including phenoxy) is 2. The number of rotatable bonds is 30. The highest BCUT2D eigenvalue weighted by molar-refractivity contribution is 8.13. The molecule has 0 saturated carbocycles. The van der Waals surface area contributed by atoms with Crippen LogP contribution in [0.2, 0.25) is 0 Å². The van der Waals surface area contributed by atoms with Gasteiger partial charge in [-0.2, -0.15) is 4.31 Å². The van der Waals surface area contributed by atoms with Crippen molar-refractivity contribution in [2.75, 3.05) is 44.9 Å². The molecule has 3 aromatic heterocycles. The number of aliphatic hydroxyl groups is 4. The molecule has 28 nitrogen and oxygen atoms in total. The molecule has 1 fully saturated rings. The van der Waals surface area contributed by atoms with Gasteiger partial charge in [-0.1, -0.05) is 77.6 Å². The molecule has 0 bridgehead atoms. The molecule has 1 aliphatic heterocycles. The second-order valence-corrected chi connectivity index (χ2v) is 25.1. The summed E-state index contributed by atoms with van der Waals surface area (Å²) < 4.78 is 82.2. The van der Waals surface area contributed by atoms with E-state index < -0.39 is 108 Å². The zero-order valence-corrected chi connectivity index (χ0v) is 48.1. The fourth-order valence-corrected chi connectivity index (χ4v) is 11.8. The van der Waals surface area contributed by atoms with Crippen LogP contribution >= 0.6 is 35.2 Å². The van der Waals surface area contributed by atoms with Gasteiger partial charge in [-0.3, -0.25) is 37.5 Å². The largest absolute Gasteiger partial charge is 0.481 e. The Morgan fingerprint density at radius 3 is 2.25 bits per heavy atom. The van der Waals surface area contributed by atoms with Crippen molar-refractivity contribution < 1.29 is 99.8 Å². The average Bonchev–Trinajstić information content (AvgIpc) is 3.96. The van der Waals surface area contributed by atoms with Gasteiger partial charge in [0.05, 0.1) is 44.0 Å². The first-order chi connectivity index (χ1) is 37.3. The Hall–Kier alpha value is -4.52. The summed E-state index contributed by atoms with van der Waals surface area (Å²) >= 11 is 0.845. The third-order valence-electron chi connectivity index (χ3n) is 12.1. The summed E-state index contributed by atoms with van der Waals surface area (Å²) in [6.07, 6.45) is -6.86. The molecule has 0 radical (unpaired) electrons. The topological polar surface area (TPSA) is 426 Å². The zero-order valence-electron chi connectivity index (χ0n) is 44.6. The first-order valence-electron chi connectivity index (χ1n) is 24.7. The number of benzene rings is 1. The average molecular weight is 1210 g/mol. The van der Waals surface area contributed by atoms with Crippen LogP contribution in [0.4, 0.5) is 10.2 Å². The summed E-state index contributed by atoms with van der Waals surface area (Å²) in [5.41, 5.74) is 8.79. The number of amides is 2. The van der Waals surface area contributed by atoms with E-state index in [1.165, 1.54) is 32.1 Å². The van der Waals surface area contributed by atoms with Gasteiger partial charge in [0.15, 0.2) is 22.8 Å². The van der Waals surface area contributed by atoms with E-state index in [1.54, 1.807) is 25.3 Å².